The predicted molar refractivity (Wildman–Crippen MR) is 85.7 cm³/mol. The smallest absolute Gasteiger partial charge is 0.00264 e. The third-order valence-electron chi connectivity index (χ3n) is 3.76. The molecule has 0 saturated heterocycles. The van der Waals surface area contributed by atoms with Gasteiger partial charge in [-0.05, 0) is 44.8 Å². The average molecular weight is 253 g/mol. The molecule has 0 aromatic heterocycles. The quantitative estimate of drug-likeness (QED) is 0.395. The molecule has 0 amide bonds. The zero-order valence-corrected chi connectivity index (χ0v) is 11.0. The molecule has 0 heterocycles. The Bertz CT molecular complexity index is 889. The zero-order valence-electron chi connectivity index (χ0n) is 11.0. The van der Waals surface area contributed by atoms with Gasteiger partial charge in [0.05, 0.1) is 0 Å². The van der Waals surface area contributed by atoms with E-state index in [1.165, 1.54) is 32.7 Å². The van der Waals surface area contributed by atoms with Crippen molar-refractivity contribution in [3.63, 3.8) is 0 Å². The molecule has 0 aliphatic rings. The molecule has 93 valence electrons. The van der Waals surface area contributed by atoms with E-state index in [9.17, 15) is 0 Å². The average Bonchev–Trinajstić information content (AvgIpc) is 2.55. The molecule has 0 spiro atoms. The van der Waals surface area contributed by atoms with Gasteiger partial charge >= 0.3 is 0 Å². The van der Waals surface area contributed by atoms with Gasteiger partial charge in [0, 0.05) is 0 Å². The molecule has 4 rings (SSSR count). The van der Waals surface area contributed by atoms with E-state index in [4.69, 9.17) is 0 Å². The summed E-state index contributed by atoms with van der Waals surface area (Å²) in [6, 6.07) is 31.0. The van der Waals surface area contributed by atoms with Crippen molar-refractivity contribution in [1.82, 2.24) is 0 Å². The minimum absolute atomic E-state index is 1.20. The summed E-state index contributed by atoms with van der Waals surface area (Å²) in [5.74, 6) is 0. The van der Waals surface area contributed by atoms with E-state index in [1.807, 2.05) is 18.2 Å². The van der Waals surface area contributed by atoms with Gasteiger partial charge < -0.3 is 0 Å². The van der Waals surface area contributed by atoms with Crippen LogP contribution in [0.2, 0.25) is 0 Å². The monoisotopic (exact) mass is 253 g/mol. The lowest BCUT2D eigenvalue weighted by molar-refractivity contribution is 1.65. The summed E-state index contributed by atoms with van der Waals surface area (Å²) in [7, 11) is 0. The molecule has 1 radical (unpaired) electrons. The Morgan fingerprint density at radius 2 is 1.40 bits per heavy atom. The predicted octanol–water partition coefficient (Wildman–Crippen LogP) is 5.46. The van der Waals surface area contributed by atoms with Gasteiger partial charge in [0.25, 0.3) is 0 Å². The first kappa shape index (κ1) is 11.2. The van der Waals surface area contributed by atoms with Crippen molar-refractivity contribution in [3.8, 4) is 11.1 Å². The Labute approximate surface area is 118 Å². The zero-order chi connectivity index (χ0) is 13.4. The minimum Gasteiger partial charge on any atom is -0.0622 e. The Hall–Kier alpha value is -2.60. The second-order valence-corrected chi connectivity index (χ2v) is 5.00. The number of rotatable bonds is 1. The van der Waals surface area contributed by atoms with Crippen LogP contribution in [0, 0.1) is 6.07 Å². The lowest BCUT2D eigenvalue weighted by atomic mass is 9.97. The molecule has 4 aromatic carbocycles. The van der Waals surface area contributed by atoms with E-state index in [-0.39, 0.29) is 0 Å². The van der Waals surface area contributed by atoms with Gasteiger partial charge in [-0.3, -0.25) is 0 Å². The third kappa shape index (κ3) is 1.78. The van der Waals surface area contributed by atoms with Crippen LogP contribution in [-0.2, 0) is 0 Å². The summed E-state index contributed by atoms with van der Waals surface area (Å²) in [5.41, 5.74) is 2.50. The lowest BCUT2D eigenvalue weighted by Gasteiger charge is -2.07. The van der Waals surface area contributed by atoms with E-state index in [0.717, 1.165) is 0 Å². The fourth-order valence-corrected chi connectivity index (χ4v) is 2.73. The SMILES string of the molecule is [c]1cccc2ccc3ccc(-c4ccccc4)cc3c12. The molecule has 20 heavy (non-hydrogen) atoms. The Morgan fingerprint density at radius 1 is 0.600 bits per heavy atom. The van der Waals surface area contributed by atoms with Crippen LogP contribution in [0.3, 0.4) is 0 Å². The molecule has 0 N–H and O–H groups in total. The number of fused-ring (bicyclic) bond motifs is 3. The van der Waals surface area contributed by atoms with Crippen LogP contribution in [0.15, 0.2) is 78.9 Å². The second-order valence-electron chi connectivity index (χ2n) is 5.00. The minimum atomic E-state index is 1.20. The van der Waals surface area contributed by atoms with Gasteiger partial charge in [-0.1, -0.05) is 72.8 Å². The standard InChI is InChI=1S/C20H13/c1-2-6-15(7-3-1)18-13-12-17-11-10-16-8-4-5-9-19(16)20(17)14-18/h1-8,10-14H. The van der Waals surface area contributed by atoms with Gasteiger partial charge in [-0.25, -0.2) is 0 Å². The van der Waals surface area contributed by atoms with E-state index in [2.05, 4.69) is 66.7 Å². The van der Waals surface area contributed by atoms with Crippen molar-refractivity contribution in [2.75, 3.05) is 0 Å². The van der Waals surface area contributed by atoms with E-state index < -0.39 is 0 Å². The summed E-state index contributed by atoms with van der Waals surface area (Å²) in [6.07, 6.45) is 0. The number of hydrogen-bond acceptors (Lipinski definition) is 0. The Kier molecular flexibility index (Phi) is 2.53. The van der Waals surface area contributed by atoms with Crippen LogP contribution in [0.5, 0.6) is 0 Å². The maximum Gasteiger partial charge on any atom is -0.00264 e. The molecule has 0 unspecified atom stereocenters. The van der Waals surface area contributed by atoms with Crippen molar-refractivity contribution in [1.29, 1.82) is 0 Å². The van der Waals surface area contributed by atoms with Crippen molar-refractivity contribution in [2.24, 2.45) is 0 Å². The molecular formula is C20H13. The molecule has 0 aliphatic carbocycles. The largest absolute Gasteiger partial charge is 0.0622 e. The van der Waals surface area contributed by atoms with Crippen molar-refractivity contribution in [2.45, 2.75) is 0 Å². The first-order chi connectivity index (χ1) is 9.92. The number of hydrogen-bond donors (Lipinski definition) is 0. The highest BCUT2D eigenvalue weighted by atomic mass is 14.1. The summed E-state index contributed by atoms with van der Waals surface area (Å²) < 4.78 is 0. The summed E-state index contributed by atoms with van der Waals surface area (Å²) in [4.78, 5) is 0. The van der Waals surface area contributed by atoms with Gasteiger partial charge in [0.2, 0.25) is 0 Å². The molecule has 0 atom stereocenters. The van der Waals surface area contributed by atoms with Crippen LogP contribution in [0.4, 0.5) is 0 Å². The molecule has 0 fully saturated rings. The number of benzene rings is 4. The van der Waals surface area contributed by atoms with Gasteiger partial charge in [-0.15, -0.1) is 0 Å². The van der Waals surface area contributed by atoms with Gasteiger partial charge in [0.1, 0.15) is 0 Å². The summed E-state index contributed by atoms with van der Waals surface area (Å²) in [6.45, 7) is 0. The summed E-state index contributed by atoms with van der Waals surface area (Å²) in [5, 5.41) is 4.97. The topological polar surface area (TPSA) is 0 Å². The van der Waals surface area contributed by atoms with Crippen LogP contribution in [0.25, 0.3) is 32.7 Å². The molecule has 0 aliphatic heterocycles. The van der Waals surface area contributed by atoms with Crippen molar-refractivity contribution >= 4 is 21.5 Å². The first-order valence-corrected chi connectivity index (χ1v) is 6.80. The molecular weight excluding hydrogens is 240 g/mol. The van der Waals surface area contributed by atoms with E-state index in [1.54, 1.807) is 0 Å². The van der Waals surface area contributed by atoms with Crippen LogP contribution < -0.4 is 0 Å². The van der Waals surface area contributed by atoms with Crippen molar-refractivity contribution < 1.29 is 0 Å². The molecule has 0 heteroatoms. The lowest BCUT2D eigenvalue weighted by Crippen LogP contribution is -1.81. The third-order valence-corrected chi connectivity index (χ3v) is 3.76. The normalized spacial score (nSPS) is 11.0. The highest BCUT2D eigenvalue weighted by Crippen LogP contribution is 2.29. The highest BCUT2D eigenvalue weighted by molar-refractivity contribution is 6.08. The van der Waals surface area contributed by atoms with E-state index in [0.29, 0.717) is 0 Å². The highest BCUT2D eigenvalue weighted by Gasteiger charge is 2.03. The maximum atomic E-state index is 3.37. The molecule has 4 aromatic rings. The first-order valence-electron chi connectivity index (χ1n) is 6.80. The fraction of sp³-hybridized carbons (Fsp3) is 0. The summed E-state index contributed by atoms with van der Waals surface area (Å²) >= 11 is 0. The van der Waals surface area contributed by atoms with Crippen molar-refractivity contribution in [3.05, 3.63) is 84.9 Å². The van der Waals surface area contributed by atoms with Crippen LogP contribution >= 0.6 is 0 Å². The fourth-order valence-electron chi connectivity index (χ4n) is 2.73. The molecule has 0 saturated carbocycles. The van der Waals surface area contributed by atoms with E-state index >= 15 is 0 Å². The second kappa shape index (κ2) is 4.50. The van der Waals surface area contributed by atoms with Crippen LogP contribution in [-0.4, -0.2) is 0 Å². The van der Waals surface area contributed by atoms with Gasteiger partial charge in [-0.2, -0.15) is 0 Å². The maximum absolute atomic E-state index is 3.37. The molecule has 0 nitrogen and oxygen atoms in total. The Morgan fingerprint density at radius 3 is 2.30 bits per heavy atom. The molecule has 0 bridgehead atoms. The van der Waals surface area contributed by atoms with Gasteiger partial charge in [0.15, 0.2) is 0 Å². The van der Waals surface area contributed by atoms with Crippen LogP contribution in [0.1, 0.15) is 0 Å². The Balaban J connectivity index is 2.05.